The Morgan fingerprint density at radius 1 is 0.955 bits per heavy atom. The summed E-state index contributed by atoms with van der Waals surface area (Å²) in [5.41, 5.74) is -0.383. The number of rotatable bonds is 3. The maximum atomic E-state index is 12.9. The molecule has 3 rings (SSSR count). The second kappa shape index (κ2) is 5.55. The van der Waals surface area contributed by atoms with Gasteiger partial charge in [-0.15, -0.1) is 0 Å². The zero-order valence-corrected chi connectivity index (χ0v) is 11.2. The minimum Gasteiger partial charge on any atom is -0.365 e. The smallest absolute Gasteiger partial charge is 0.365 e. The van der Waals surface area contributed by atoms with E-state index in [1.54, 1.807) is 18.3 Å². The van der Waals surface area contributed by atoms with Crippen LogP contribution in [0.3, 0.4) is 0 Å². The maximum absolute atomic E-state index is 12.9. The summed E-state index contributed by atoms with van der Waals surface area (Å²) in [6.45, 7) is -0.0519. The van der Waals surface area contributed by atoms with E-state index in [0.717, 1.165) is 6.20 Å². The van der Waals surface area contributed by atoms with Crippen LogP contribution >= 0.6 is 0 Å². The molecule has 0 aromatic carbocycles. The predicted octanol–water partition coefficient (Wildman–Crippen LogP) is 3.05. The zero-order chi connectivity index (χ0) is 15.6. The fraction of sp³-hybridized carbons (Fsp3) is 0.143. The minimum atomic E-state index is -4.49. The number of hydrogen-bond donors (Lipinski definition) is 1. The van der Waals surface area contributed by atoms with E-state index in [1.807, 2.05) is 0 Å². The van der Waals surface area contributed by atoms with Crippen LogP contribution in [0.5, 0.6) is 0 Å². The highest BCUT2D eigenvalue weighted by Gasteiger charge is 2.34. The molecule has 5 nitrogen and oxygen atoms in total. The molecule has 0 aliphatic heterocycles. The molecule has 3 aromatic heterocycles. The van der Waals surface area contributed by atoms with Crippen LogP contribution in [0.25, 0.3) is 11.0 Å². The van der Waals surface area contributed by atoms with Gasteiger partial charge >= 0.3 is 6.18 Å². The fourth-order valence-corrected chi connectivity index (χ4v) is 2.05. The van der Waals surface area contributed by atoms with Gasteiger partial charge in [0, 0.05) is 24.5 Å². The normalized spacial score (nSPS) is 11.6. The van der Waals surface area contributed by atoms with Crippen LogP contribution in [0.15, 0.2) is 43.0 Å². The standard InChI is InChI=1S/C14H10F3N5/c15-14(16,17)11-9(3-1-5-18-11)7-20-13-10-4-2-6-19-12(10)21-8-22-13/h1-6,8H,7H2,(H,19,20,21,22). The molecule has 0 fully saturated rings. The Kier molecular flexibility index (Phi) is 3.58. The van der Waals surface area contributed by atoms with Gasteiger partial charge in [-0.05, 0) is 18.2 Å². The van der Waals surface area contributed by atoms with Gasteiger partial charge in [-0.3, -0.25) is 4.98 Å². The van der Waals surface area contributed by atoms with E-state index in [1.165, 1.54) is 18.5 Å². The Morgan fingerprint density at radius 3 is 2.55 bits per heavy atom. The average molecular weight is 305 g/mol. The number of alkyl halides is 3. The lowest BCUT2D eigenvalue weighted by Crippen LogP contribution is -2.14. The Labute approximate surface area is 123 Å². The van der Waals surface area contributed by atoms with Crippen LogP contribution in [-0.2, 0) is 12.7 Å². The van der Waals surface area contributed by atoms with Gasteiger partial charge in [-0.25, -0.2) is 15.0 Å². The van der Waals surface area contributed by atoms with Gasteiger partial charge in [-0.1, -0.05) is 6.07 Å². The van der Waals surface area contributed by atoms with Crippen molar-refractivity contribution in [3.05, 3.63) is 54.2 Å². The molecule has 112 valence electrons. The zero-order valence-electron chi connectivity index (χ0n) is 11.2. The highest BCUT2D eigenvalue weighted by Crippen LogP contribution is 2.30. The number of fused-ring (bicyclic) bond motifs is 1. The molecule has 3 heterocycles. The summed E-state index contributed by atoms with van der Waals surface area (Å²) in [4.78, 5) is 15.5. The molecule has 0 aliphatic carbocycles. The molecule has 0 saturated carbocycles. The average Bonchev–Trinajstić information content (AvgIpc) is 2.52. The van der Waals surface area contributed by atoms with Gasteiger partial charge in [0.25, 0.3) is 0 Å². The van der Waals surface area contributed by atoms with Crippen molar-refractivity contribution < 1.29 is 13.2 Å². The van der Waals surface area contributed by atoms with E-state index in [-0.39, 0.29) is 12.1 Å². The van der Waals surface area contributed by atoms with Gasteiger partial charge in [0.2, 0.25) is 0 Å². The second-order valence-corrected chi connectivity index (χ2v) is 4.46. The third kappa shape index (κ3) is 2.80. The molecule has 0 bridgehead atoms. The number of halogens is 3. The molecule has 0 saturated heterocycles. The molecule has 0 unspecified atom stereocenters. The molecule has 3 aromatic rings. The number of nitrogens with zero attached hydrogens (tertiary/aromatic N) is 4. The molecule has 1 N–H and O–H groups in total. The van der Waals surface area contributed by atoms with Crippen LogP contribution in [0.2, 0.25) is 0 Å². The number of hydrogen-bond acceptors (Lipinski definition) is 5. The second-order valence-electron chi connectivity index (χ2n) is 4.46. The van der Waals surface area contributed by atoms with E-state index in [9.17, 15) is 13.2 Å². The molecule has 0 spiro atoms. The van der Waals surface area contributed by atoms with E-state index in [2.05, 4.69) is 25.3 Å². The number of aromatic nitrogens is 4. The third-order valence-corrected chi connectivity index (χ3v) is 3.01. The summed E-state index contributed by atoms with van der Waals surface area (Å²) in [5, 5.41) is 3.53. The minimum absolute atomic E-state index is 0.0469. The number of nitrogens with one attached hydrogen (secondary N) is 1. The summed E-state index contributed by atoms with van der Waals surface area (Å²) in [7, 11) is 0. The summed E-state index contributed by atoms with van der Waals surface area (Å²) >= 11 is 0. The highest BCUT2D eigenvalue weighted by molar-refractivity contribution is 5.85. The lowest BCUT2D eigenvalue weighted by Gasteiger charge is -2.13. The Balaban J connectivity index is 1.89. The van der Waals surface area contributed by atoms with Gasteiger partial charge in [0.05, 0.1) is 5.39 Å². The van der Waals surface area contributed by atoms with E-state index in [0.29, 0.717) is 16.9 Å². The van der Waals surface area contributed by atoms with Crippen LogP contribution in [0.4, 0.5) is 19.0 Å². The molecule has 8 heteroatoms. The molecule has 0 aliphatic rings. The number of pyridine rings is 2. The van der Waals surface area contributed by atoms with Crippen molar-refractivity contribution in [1.29, 1.82) is 0 Å². The summed E-state index contributed by atoms with van der Waals surface area (Å²) in [5.74, 6) is 0.426. The van der Waals surface area contributed by atoms with Gasteiger partial charge in [0.15, 0.2) is 5.65 Å². The quantitative estimate of drug-likeness (QED) is 0.805. The predicted molar refractivity (Wildman–Crippen MR) is 73.9 cm³/mol. The van der Waals surface area contributed by atoms with Crippen LogP contribution in [0.1, 0.15) is 11.3 Å². The first-order valence-corrected chi connectivity index (χ1v) is 6.36. The summed E-state index contributed by atoms with van der Waals surface area (Å²) in [6.07, 6.45) is -0.475. The largest absolute Gasteiger partial charge is 0.433 e. The Bertz CT molecular complexity index is 798. The molecule has 22 heavy (non-hydrogen) atoms. The molecule has 0 radical (unpaired) electrons. The van der Waals surface area contributed by atoms with Crippen molar-refractivity contribution in [2.75, 3.05) is 5.32 Å². The van der Waals surface area contributed by atoms with E-state index in [4.69, 9.17) is 0 Å². The Morgan fingerprint density at radius 2 is 1.73 bits per heavy atom. The topological polar surface area (TPSA) is 63.6 Å². The van der Waals surface area contributed by atoms with Gasteiger partial charge < -0.3 is 5.32 Å². The van der Waals surface area contributed by atoms with Gasteiger partial charge in [-0.2, -0.15) is 13.2 Å². The highest BCUT2D eigenvalue weighted by atomic mass is 19.4. The third-order valence-electron chi connectivity index (χ3n) is 3.01. The lowest BCUT2D eigenvalue weighted by atomic mass is 10.2. The number of anilines is 1. The first-order chi connectivity index (χ1) is 10.6. The monoisotopic (exact) mass is 305 g/mol. The summed E-state index contributed by atoms with van der Waals surface area (Å²) < 4.78 is 38.7. The van der Waals surface area contributed by atoms with Crippen molar-refractivity contribution >= 4 is 16.9 Å². The lowest BCUT2D eigenvalue weighted by molar-refractivity contribution is -0.141. The SMILES string of the molecule is FC(F)(F)c1ncccc1CNc1ncnc2ncccc12. The van der Waals surface area contributed by atoms with Crippen molar-refractivity contribution in [3.63, 3.8) is 0 Å². The van der Waals surface area contributed by atoms with Crippen LogP contribution in [-0.4, -0.2) is 19.9 Å². The summed E-state index contributed by atoms with van der Waals surface area (Å²) in [6, 6.07) is 6.30. The Hall–Kier alpha value is -2.77. The molecular weight excluding hydrogens is 295 g/mol. The fourth-order valence-electron chi connectivity index (χ4n) is 2.05. The van der Waals surface area contributed by atoms with Crippen molar-refractivity contribution in [2.24, 2.45) is 0 Å². The molecule has 0 atom stereocenters. The first-order valence-electron chi connectivity index (χ1n) is 6.36. The van der Waals surface area contributed by atoms with Crippen molar-refractivity contribution in [2.45, 2.75) is 12.7 Å². The van der Waals surface area contributed by atoms with Crippen molar-refractivity contribution in [3.8, 4) is 0 Å². The van der Waals surface area contributed by atoms with Crippen LogP contribution in [0, 0.1) is 0 Å². The van der Waals surface area contributed by atoms with Crippen LogP contribution < -0.4 is 5.32 Å². The van der Waals surface area contributed by atoms with E-state index >= 15 is 0 Å². The van der Waals surface area contributed by atoms with Crippen molar-refractivity contribution in [1.82, 2.24) is 19.9 Å². The van der Waals surface area contributed by atoms with Gasteiger partial charge in [0.1, 0.15) is 17.8 Å². The van der Waals surface area contributed by atoms with E-state index < -0.39 is 11.9 Å². The maximum Gasteiger partial charge on any atom is 0.433 e. The first kappa shape index (κ1) is 14.2. The molecule has 0 amide bonds. The molecular formula is C14H10F3N5.